The fourth-order valence-electron chi connectivity index (χ4n) is 3.40. The number of carbonyl (C=O) groups excluding carboxylic acids is 1. The molecule has 6 nitrogen and oxygen atoms in total. The lowest BCUT2D eigenvalue weighted by Crippen LogP contribution is -2.27. The van der Waals surface area contributed by atoms with Crippen LogP contribution in [-0.2, 0) is 35.5 Å². The van der Waals surface area contributed by atoms with E-state index in [1.165, 1.54) is 28.8 Å². The topological polar surface area (TPSA) is 87.2 Å². The predicted molar refractivity (Wildman–Crippen MR) is 102 cm³/mol. The highest BCUT2D eigenvalue weighted by atomic mass is 32.1. The number of nitrogens with one attached hydrogen (secondary N) is 1. The Morgan fingerprint density at radius 2 is 2.00 bits per heavy atom. The van der Waals surface area contributed by atoms with Crippen molar-refractivity contribution in [3.05, 3.63) is 52.2 Å². The lowest BCUT2D eigenvalue weighted by atomic mass is 9.97. The van der Waals surface area contributed by atoms with E-state index in [-0.39, 0.29) is 6.61 Å². The molecular weight excluding hydrogens is 362 g/mol. The minimum atomic E-state index is -1.25. The second-order valence-corrected chi connectivity index (χ2v) is 7.67. The van der Waals surface area contributed by atoms with Gasteiger partial charge >= 0.3 is 0 Å². The molecule has 0 aliphatic heterocycles. The molecule has 2 aromatic heterocycles. The van der Waals surface area contributed by atoms with Gasteiger partial charge in [0.1, 0.15) is 17.3 Å². The number of anilines is 1. The van der Waals surface area contributed by atoms with Crippen molar-refractivity contribution in [3.8, 4) is 0 Å². The minimum absolute atomic E-state index is 0.0481. The SMILES string of the molecule is O=C([O-])COCc1nc(NCc2ccccc2)c2c3c(sc2n1)CCCC3. The fourth-order valence-corrected chi connectivity index (χ4v) is 4.68. The number of nitrogens with zero attached hydrogens (tertiary/aromatic N) is 2. The van der Waals surface area contributed by atoms with Gasteiger partial charge in [0.05, 0.1) is 18.0 Å². The highest BCUT2D eigenvalue weighted by molar-refractivity contribution is 7.19. The van der Waals surface area contributed by atoms with Crippen molar-refractivity contribution < 1.29 is 14.6 Å². The van der Waals surface area contributed by atoms with Crippen LogP contribution in [0, 0.1) is 0 Å². The van der Waals surface area contributed by atoms with Gasteiger partial charge in [-0.05, 0) is 36.8 Å². The first kappa shape index (κ1) is 17.9. The summed E-state index contributed by atoms with van der Waals surface area (Å²) in [4.78, 5) is 22.2. The normalized spacial score (nSPS) is 13.5. The summed E-state index contributed by atoms with van der Waals surface area (Å²) in [6, 6.07) is 10.2. The average molecular weight is 382 g/mol. The number of aromatic nitrogens is 2. The van der Waals surface area contributed by atoms with E-state index in [1.54, 1.807) is 11.3 Å². The minimum Gasteiger partial charge on any atom is -0.548 e. The Kier molecular flexibility index (Phi) is 5.31. The zero-order valence-corrected chi connectivity index (χ0v) is 15.7. The summed E-state index contributed by atoms with van der Waals surface area (Å²) in [5, 5.41) is 15.1. The van der Waals surface area contributed by atoms with E-state index in [2.05, 4.69) is 27.4 Å². The largest absolute Gasteiger partial charge is 0.548 e. The predicted octanol–water partition coefficient (Wildman–Crippen LogP) is 2.45. The van der Waals surface area contributed by atoms with Crippen LogP contribution in [0.15, 0.2) is 30.3 Å². The van der Waals surface area contributed by atoms with Gasteiger partial charge in [0, 0.05) is 11.4 Å². The molecular formula is C20H20N3O3S-. The standard InChI is InChI=1S/C20H21N3O3S/c24-17(25)12-26-11-16-22-19(21-10-13-6-2-1-3-7-13)18-14-8-4-5-9-15(14)27-20(18)23-16/h1-3,6-7H,4-5,8-12H2,(H,24,25)(H,21,22,23)/p-1. The number of hydrogen-bond acceptors (Lipinski definition) is 7. The highest BCUT2D eigenvalue weighted by Gasteiger charge is 2.21. The third-order valence-corrected chi connectivity index (χ3v) is 5.80. The molecule has 0 unspecified atom stereocenters. The second-order valence-electron chi connectivity index (χ2n) is 6.58. The Labute approximate surface area is 161 Å². The molecule has 140 valence electrons. The Morgan fingerprint density at radius 1 is 1.19 bits per heavy atom. The number of fused-ring (bicyclic) bond motifs is 3. The molecule has 4 rings (SSSR count). The molecule has 3 aromatic rings. The maximum atomic E-state index is 10.6. The number of rotatable bonds is 7. The van der Waals surface area contributed by atoms with E-state index in [0.717, 1.165) is 28.9 Å². The number of ether oxygens (including phenoxy) is 1. The second kappa shape index (κ2) is 8.02. The molecule has 1 aromatic carbocycles. The van der Waals surface area contributed by atoms with Gasteiger partial charge in [-0.3, -0.25) is 0 Å². The van der Waals surface area contributed by atoms with Crippen molar-refractivity contribution >= 4 is 33.3 Å². The first-order valence-electron chi connectivity index (χ1n) is 9.07. The first-order chi connectivity index (χ1) is 13.2. The summed E-state index contributed by atoms with van der Waals surface area (Å²) < 4.78 is 5.14. The van der Waals surface area contributed by atoms with E-state index in [1.807, 2.05) is 18.2 Å². The molecule has 0 radical (unpaired) electrons. The third-order valence-electron chi connectivity index (χ3n) is 4.61. The van der Waals surface area contributed by atoms with Crippen molar-refractivity contribution in [2.24, 2.45) is 0 Å². The molecule has 0 saturated heterocycles. The van der Waals surface area contributed by atoms with Crippen LogP contribution < -0.4 is 10.4 Å². The number of carbonyl (C=O) groups is 1. The summed E-state index contributed by atoms with van der Waals surface area (Å²) in [6.45, 7) is 0.249. The van der Waals surface area contributed by atoms with Crippen LogP contribution in [0.4, 0.5) is 5.82 Å². The smallest absolute Gasteiger partial charge is 0.158 e. The molecule has 1 N–H and O–H groups in total. The van der Waals surface area contributed by atoms with Gasteiger partial charge in [-0.25, -0.2) is 9.97 Å². The van der Waals surface area contributed by atoms with Gasteiger partial charge in [-0.2, -0.15) is 0 Å². The molecule has 27 heavy (non-hydrogen) atoms. The summed E-state index contributed by atoms with van der Waals surface area (Å²) >= 11 is 1.71. The van der Waals surface area contributed by atoms with E-state index < -0.39 is 12.6 Å². The van der Waals surface area contributed by atoms with E-state index in [0.29, 0.717) is 12.4 Å². The monoisotopic (exact) mass is 382 g/mol. The van der Waals surface area contributed by atoms with Gasteiger partial charge in [-0.1, -0.05) is 30.3 Å². The van der Waals surface area contributed by atoms with Gasteiger partial charge < -0.3 is 20.0 Å². The number of thiophene rings is 1. The number of hydrogen-bond donors (Lipinski definition) is 1. The van der Waals surface area contributed by atoms with Crippen LogP contribution in [0.2, 0.25) is 0 Å². The van der Waals surface area contributed by atoms with Crippen molar-refractivity contribution in [1.29, 1.82) is 0 Å². The van der Waals surface area contributed by atoms with Gasteiger partial charge in [0.2, 0.25) is 0 Å². The fraction of sp³-hybridized carbons (Fsp3) is 0.350. The third kappa shape index (κ3) is 4.09. The van der Waals surface area contributed by atoms with Crippen LogP contribution in [-0.4, -0.2) is 22.5 Å². The molecule has 7 heteroatoms. The zero-order chi connectivity index (χ0) is 18.6. The number of carboxylic acids is 1. The van der Waals surface area contributed by atoms with Gasteiger partial charge in [0.15, 0.2) is 5.82 Å². The maximum absolute atomic E-state index is 10.6. The number of benzene rings is 1. The van der Waals surface area contributed by atoms with Gasteiger partial charge in [0.25, 0.3) is 0 Å². The lowest BCUT2D eigenvalue weighted by Gasteiger charge is -2.13. The average Bonchev–Trinajstić information content (AvgIpc) is 3.05. The lowest BCUT2D eigenvalue weighted by molar-refractivity contribution is -0.309. The van der Waals surface area contributed by atoms with E-state index >= 15 is 0 Å². The molecule has 0 amide bonds. The van der Waals surface area contributed by atoms with Crippen LogP contribution in [0.25, 0.3) is 10.2 Å². The highest BCUT2D eigenvalue weighted by Crippen LogP contribution is 2.38. The molecule has 0 spiro atoms. The summed E-state index contributed by atoms with van der Waals surface area (Å²) in [7, 11) is 0. The molecule has 2 heterocycles. The molecule has 1 aliphatic carbocycles. The van der Waals surface area contributed by atoms with Crippen LogP contribution >= 0.6 is 11.3 Å². The van der Waals surface area contributed by atoms with E-state index in [4.69, 9.17) is 4.74 Å². The van der Waals surface area contributed by atoms with Crippen molar-refractivity contribution in [2.45, 2.75) is 38.8 Å². The van der Waals surface area contributed by atoms with Crippen molar-refractivity contribution in [3.63, 3.8) is 0 Å². The Morgan fingerprint density at radius 3 is 2.81 bits per heavy atom. The maximum Gasteiger partial charge on any atom is 0.158 e. The molecule has 0 saturated carbocycles. The Bertz CT molecular complexity index is 956. The Hall–Kier alpha value is -2.51. The molecule has 1 aliphatic rings. The van der Waals surface area contributed by atoms with Crippen molar-refractivity contribution in [2.75, 3.05) is 11.9 Å². The van der Waals surface area contributed by atoms with Crippen LogP contribution in [0.1, 0.15) is 34.7 Å². The van der Waals surface area contributed by atoms with Crippen LogP contribution in [0.5, 0.6) is 0 Å². The van der Waals surface area contributed by atoms with Crippen LogP contribution in [0.3, 0.4) is 0 Å². The molecule has 0 fully saturated rings. The molecule has 0 bridgehead atoms. The number of carboxylic acid groups (broad SMARTS) is 1. The van der Waals surface area contributed by atoms with E-state index in [9.17, 15) is 9.90 Å². The van der Waals surface area contributed by atoms with Crippen molar-refractivity contribution in [1.82, 2.24) is 9.97 Å². The first-order valence-corrected chi connectivity index (χ1v) is 9.89. The molecule has 0 atom stereocenters. The summed E-state index contributed by atoms with van der Waals surface area (Å²) in [5.74, 6) is 0.0401. The number of aliphatic carboxylic acids is 1. The van der Waals surface area contributed by atoms with Gasteiger partial charge in [-0.15, -0.1) is 11.3 Å². The summed E-state index contributed by atoms with van der Waals surface area (Å²) in [5.41, 5.74) is 2.53. The quantitative estimate of drug-likeness (QED) is 0.675. The Balaban J connectivity index is 1.66. The number of aryl methyl sites for hydroxylation is 2. The summed E-state index contributed by atoms with van der Waals surface area (Å²) in [6.07, 6.45) is 4.54. The zero-order valence-electron chi connectivity index (χ0n) is 14.9.